The summed E-state index contributed by atoms with van der Waals surface area (Å²) < 4.78 is 57.3. The van der Waals surface area contributed by atoms with Gasteiger partial charge in [-0.25, -0.2) is 22.8 Å². The summed E-state index contributed by atoms with van der Waals surface area (Å²) in [7, 11) is 1.48. The number of ether oxygens (including phenoxy) is 1. The highest BCUT2D eigenvalue weighted by atomic mass is 19.1. The van der Waals surface area contributed by atoms with Gasteiger partial charge in [0.25, 0.3) is 0 Å². The van der Waals surface area contributed by atoms with Crippen LogP contribution in [0.25, 0.3) is 33.4 Å². The molecule has 0 spiro atoms. The number of halogens is 3. The summed E-state index contributed by atoms with van der Waals surface area (Å²) in [5.41, 5.74) is 6.55. The Balaban J connectivity index is 1.79. The molecule has 8 nitrogen and oxygen atoms in total. The molecule has 2 heterocycles. The molecular formula is C32H28F3N5O3. The highest BCUT2D eigenvalue weighted by molar-refractivity contribution is 6.06. The van der Waals surface area contributed by atoms with Gasteiger partial charge in [0.2, 0.25) is 5.43 Å². The molecule has 0 radical (unpaired) electrons. The van der Waals surface area contributed by atoms with Crippen molar-refractivity contribution >= 4 is 29.3 Å². The average molecular weight is 588 g/mol. The third-order valence-electron chi connectivity index (χ3n) is 6.86. The van der Waals surface area contributed by atoms with E-state index >= 15 is 4.39 Å². The number of hydrogen-bond donors (Lipinski definition) is 1. The fourth-order valence-corrected chi connectivity index (χ4v) is 4.93. The minimum atomic E-state index is -0.898. The molecule has 0 amide bonds. The van der Waals surface area contributed by atoms with Crippen molar-refractivity contribution in [2.24, 2.45) is 15.7 Å². The zero-order valence-corrected chi connectivity index (χ0v) is 23.9. The Morgan fingerprint density at radius 3 is 2.42 bits per heavy atom. The standard InChI is InChI=1S/C32H28F3N5O3/c1-16(2)42-23-13-12-19(15-22(23)35)28-27(31(36)37-4)32(38-5)40(39-28)17(3)30-25(18-8-6-9-20(33)14-18)29(41)26-21(34)10-7-11-24(26)43-30/h6-17H,5H2,1-4H3,(H2,36,37). The van der Waals surface area contributed by atoms with Gasteiger partial charge < -0.3 is 14.9 Å². The smallest absolute Gasteiger partial charge is 0.203 e. The molecule has 0 aliphatic carbocycles. The van der Waals surface area contributed by atoms with E-state index in [2.05, 4.69) is 16.7 Å². The van der Waals surface area contributed by atoms with Gasteiger partial charge in [-0.15, -0.1) is 0 Å². The molecule has 2 aromatic heterocycles. The summed E-state index contributed by atoms with van der Waals surface area (Å²) in [6.45, 7) is 8.92. The molecule has 3 aromatic carbocycles. The number of hydrogen-bond acceptors (Lipinski definition) is 6. The highest BCUT2D eigenvalue weighted by Gasteiger charge is 2.30. The van der Waals surface area contributed by atoms with Crippen molar-refractivity contribution in [2.45, 2.75) is 32.9 Å². The van der Waals surface area contributed by atoms with Crippen LogP contribution in [0.4, 0.5) is 19.0 Å². The van der Waals surface area contributed by atoms with E-state index in [0.717, 1.165) is 12.1 Å². The second kappa shape index (κ2) is 11.6. The lowest BCUT2D eigenvalue weighted by Crippen LogP contribution is -2.17. The average Bonchev–Trinajstić information content (AvgIpc) is 3.36. The molecule has 0 saturated carbocycles. The van der Waals surface area contributed by atoms with Crippen LogP contribution in [-0.4, -0.2) is 35.5 Å². The molecule has 1 unspecified atom stereocenters. The lowest BCUT2D eigenvalue weighted by molar-refractivity contribution is 0.231. The van der Waals surface area contributed by atoms with Crippen LogP contribution in [0.5, 0.6) is 5.75 Å². The van der Waals surface area contributed by atoms with E-state index in [1.807, 2.05) is 0 Å². The molecule has 0 fully saturated rings. The van der Waals surface area contributed by atoms with Crippen LogP contribution in [0.15, 0.2) is 79.9 Å². The third kappa shape index (κ3) is 5.29. The Bertz CT molecular complexity index is 1960. The number of amidine groups is 1. The first-order valence-corrected chi connectivity index (χ1v) is 13.3. The fraction of sp³-hybridized carbons (Fsp3) is 0.188. The zero-order chi connectivity index (χ0) is 31.0. The topological polar surface area (TPSA) is 108 Å². The molecule has 11 heteroatoms. The predicted octanol–water partition coefficient (Wildman–Crippen LogP) is 6.80. The van der Waals surface area contributed by atoms with Crippen molar-refractivity contribution in [3.63, 3.8) is 0 Å². The second-order valence-corrected chi connectivity index (χ2v) is 10.0. The Morgan fingerprint density at radius 1 is 1.02 bits per heavy atom. The quantitative estimate of drug-likeness (QED) is 0.159. The van der Waals surface area contributed by atoms with Crippen LogP contribution in [-0.2, 0) is 0 Å². The maximum atomic E-state index is 15.1. The minimum absolute atomic E-state index is 0.00911. The van der Waals surface area contributed by atoms with Gasteiger partial charge in [0, 0.05) is 12.6 Å². The number of rotatable bonds is 8. The lowest BCUT2D eigenvalue weighted by atomic mass is 9.99. The lowest BCUT2D eigenvalue weighted by Gasteiger charge is -2.18. The first kappa shape index (κ1) is 29.3. The van der Waals surface area contributed by atoms with Crippen LogP contribution in [0.1, 0.15) is 38.1 Å². The monoisotopic (exact) mass is 587 g/mol. The summed E-state index contributed by atoms with van der Waals surface area (Å²) in [5.74, 6) is -1.67. The Morgan fingerprint density at radius 2 is 1.77 bits per heavy atom. The summed E-state index contributed by atoms with van der Waals surface area (Å²) in [5, 5.41) is 4.44. The largest absolute Gasteiger partial charge is 0.488 e. The van der Waals surface area contributed by atoms with Crippen molar-refractivity contribution in [2.75, 3.05) is 7.05 Å². The van der Waals surface area contributed by atoms with E-state index in [0.29, 0.717) is 5.56 Å². The summed E-state index contributed by atoms with van der Waals surface area (Å²) in [4.78, 5) is 22.0. The van der Waals surface area contributed by atoms with E-state index in [1.54, 1.807) is 26.8 Å². The fourth-order valence-electron chi connectivity index (χ4n) is 4.93. The molecule has 1 atom stereocenters. The summed E-state index contributed by atoms with van der Waals surface area (Å²) >= 11 is 0. The van der Waals surface area contributed by atoms with Crippen LogP contribution in [0.3, 0.4) is 0 Å². The molecule has 43 heavy (non-hydrogen) atoms. The summed E-state index contributed by atoms with van der Waals surface area (Å²) in [6, 6.07) is 12.8. The molecule has 0 aliphatic heterocycles. The van der Waals surface area contributed by atoms with E-state index < -0.39 is 28.9 Å². The molecule has 2 N–H and O–H groups in total. The first-order valence-electron chi connectivity index (χ1n) is 13.3. The van der Waals surface area contributed by atoms with Crippen LogP contribution < -0.4 is 15.9 Å². The number of nitrogens with zero attached hydrogens (tertiary/aromatic N) is 4. The van der Waals surface area contributed by atoms with Gasteiger partial charge in [0.05, 0.1) is 17.2 Å². The van der Waals surface area contributed by atoms with Gasteiger partial charge >= 0.3 is 0 Å². The minimum Gasteiger partial charge on any atom is -0.488 e. The molecule has 5 rings (SSSR count). The van der Waals surface area contributed by atoms with Gasteiger partial charge in [-0.3, -0.25) is 9.79 Å². The predicted molar refractivity (Wildman–Crippen MR) is 161 cm³/mol. The summed E-state index contributed by atoms with van der Waals surface area (Å²) in [6.07, 6.45) is -0.243. The number of nitrogens with two attached hydrogens (primary N) is 1. The van der Waals surface area contributed by atoms with Gasteiger partial charge in [-0.1, -0.05) is 18.2 Å². The maximum Gasteiger partial charge on any atom is 0.203 e. The second-order valence-electron chi connectivity index (χ2n) is 10.0. The Hall–Kier alpha value is -5.19. The number of fused-ring (bicyclic) bond motifs is 1. The van der Waals surface area contributed by atoms with Gasteiger partial charge in [0.15, 0.2) is 17.4 Å². The molecule has 0 bridgehead atoms. The van der Waals surface area contributed by atoms with Gasteiger partial charge in [-0.05, 0) is 75.5 Å². The first-order chi connectivity index (χ1) is 20.5. The third-order valence-corrected chi connectivity index (χ3v) is 6.86. The SMILES string of the molecule is C=Nc1c(C(N)=NC)c(-c2ccc(OC(C)C)c(F)c2)nn1C(C)c1oc2cccc(F)c2c(=O)c1-c1cccc(F)c1. The van der Waals surface area contributed by atoms with E-state index in [-0.39, 0.29) is 62.6 Å². The maximum absolute atomic E-state index is 15.1. The van der Waals surface area contributed by atoms with Crippen LogP contribution in [0.2, 0.25) is 0 Å². The number of aliphatic imine (C=N–C) groups is 2. The number of benzene rings is 3. The Labute approximate surface area is 245 Å². The molecular weight excluding hydrogens is 559 g/mol. The highest BCUT2D eigenvalue weighted by Crippen LogP contribution is 2.38. The van der Waals surface area contributed by atoms with Crippen molar-refractivity contribution in [1.82, 2.24) is 9.78 Å². The van der Waals surface area contributed by atoms with Gasteiger partial charge in [-0.2, -0.15) is 5.10 Å². The number of aromatic nitrogens is 2. The van der Waals surface area contributed by atoms with Crippen molar-refractivity contribution in [3.05, 3.63) is 99.7 Å². The van der Waals surface area contributed by atoms with Crippen LogP contribution >= 0.6 is 0 Å². The molecule has 0 aliphatic rings. The molecule has 0 saturated heterocycles. The van der Waals surface area contributed by atoms with Crippen LogP contribution in [0, 0.1) is 17.5 Å². The van der Waals surface area contributed by atoms with Crippen molar-refractivity contribution in [1.29, 1.82) is 0 Å². The van der Waals surface area contributed by atoms with E-state index in [4.69, 9.17) is 20.0 Å². The van der Waals surface area contributed by atoms with E-state index in [9.17, 15) is 13.6 Å². The molecule has 220 valence electrons. The normalized spacial score (nSPS) is 12.6. The van der Waals surface area contributed by atoms with Crippen molar-refractivity contribution in [3.8, 4) is 28.1 Å². The van der Waals surface area contributed by atoms with Gasteiger partial charge in [0.1, 0.15) is 45.9 Å². The van der Waals surface area contributed by atoms with Crippen molar-refractivity contribution < 1.29 is 22.3 Å². The Kier molecular flexibility index (Phi) is 7.90. The zero-order valence-electron chi connectivity index (χ0n) is 23.9. The molecule has 5 aromatic rings. The van der Waals surface area contributed by atoms with E-state index in [1.165, 1.54) is 54.2 Å².